The van der Waals surface area contributed by atoms with Gasteiger partial charge in [-0.3, -0.25) is 10.1 Å². The summed E-state index contributed by atoms with van der Waals surface area (Å²) in [6, 6.07) is 15.5. The summed E-state index contributed by atoms with van der Waals surface area (Å²) in [5, 5.41) is 15.5. The number of aromatic nitrogens is 4. The summed E-state index contributed by atoms with van der Waals surface area (Å²) in [6.45, 7) is 3.68. The Labute approximate surface area is 193 Å². The quantitative estimate of drug-likeness (QED) is 0.250. The summed E-state index contributed by atoms with van der Waals surface area (Å²) in [4.78, 5) is 32.6. The predicted molar refractivity (Wildman–Crippen MR) is 121 cm³/mol. The average Bonchev–Trinajstić information content (AvgIpc) is 3.28. The topological polar surface area (TPSA) is 122 Å². The van der Waals surface area contributed by atoms with Crippen LogP contribution in [0.2, 0.25) is 0 Å². The second-order valence-electron chi connectivity index (χ2n) is 7.61. The van der Waals surface area contributed by atoms with Crippen molar-refractivity contribution in [2.75, 3.05) is 6.61 Å². The van der Waals surface area contributed by atoms with Gasteiger partial charge in [-0.1, -0.05) is 30.3 Å². The van der Waals surface area contributed by atoms with E-state index in [0.29, 0.717) is 39.8 Å². The first kappa shape index (κ1) is 21.3. The second-order valence-corrected chi connectivity index (χ2v) is 7.61. The maximum Gasteiger partial charge on any atom is 0.338 e. The Kier molecular flexibility index (Phi) is 5.25. The van der Waals surface area contributed by atoms with E-state index in [-0.39, 0.29) is 12.3 Å². The molecular formula is C24H19N5O5. The third-order valence-corrected chi connectivity index (χ3v) is 5.56. The molecule has 10 heteroatoms. The van der Waals surface area contributed by atoms with Crippen LogP contribution in [0.15, 0.2) is 72.3 Å². The van der Waals surface area contributed by atoms with Crippen LogP contribution >= 0.6 is 0 Å². The van der Waals surface area contributed by atoms with E-state index < -0.39 is 16.8 Å². The molecule has 5 rings (SSSR count). The smallest absolute Gasteiger partial charge is 0.338 e. The number of rotatable bonds is 5. The van der Waals surface area contributed by atoms with Crippen LogP contribution in [0.3, 0.4) is 0 Å². The number of nitro groups is 1. The van der Waals surface area contributed by atoms with E-state index in [1.165, 1.54) is 23.0 Å². The number of carbonyl (C=O) groups excluding carboxylic acids is 1. The summed E-state index contributed by atoms with van der Waals surface area (Å²) in [5.74, 6) is 0.0907. The first-order chi connectivity index (χ1) is 16.5. The molecule has 0 spiro atoms. The van der Waals surface area contributed by atoms with Gasteiger partial charge in [0.1, 0.15) is 12.1 Å². The molecule has 2 aromatic heterocycles. The van der Waals surface area contributed by atoms with Crippen molar-refractivity contribution in [2.24, 2.45) is 0 Å². The van der Waals surface area contributed by atoms with Crippen LogP contribution in [-0.4, -0.2) is 37.1 Å². The first-order valence-electron chi connectivity index (χ1n) is 10.6. The van der Waals surface area contributed by atoms with Gasteiger partial charge in [-0.25, -0.2) is 19.3 Å². The van der Waals surface area contributed by atoms with Gasteiger partial charge in [0.2, 0.25) is 5.88 Å². The summed E-state index contributed by atoms with van der Waals surface area (Å²) < 4.78 is 12.8. The van der Waals surface area contributed by atoms with E-state index in [1.54, 1.807) is 26.0 Å². The summed E-state index contributed by atoms with van der Waals surface area (Å²) >= 11 is 0. The largest absolute Gasteiger partial charge is 0.463 e. The van der Waals surface area contributed by atoms with Gasteiger partial charge >= 0.3 is 5.97 Å². The van der Waals surface area contributed by atoms with Crippen molar-refractivity contribution in [1.29, 1.82) is 0 Å². The number of ether oxygens (including phenoxy) is 2. The minimum absolute atomic E-state index is 0.0243. The van der Waals surface area contributed by atoms with Crippen LogP contribution < -0.4 is 4.74 Å². The van der Waals surface area contributed by atoms with Crippen molar-refractivity contribution in [1.82, 2.24) is 19.6 Å². The molecule has 1 atom stereocenters. The van der Waals surface area contributed by atoms with E-state index in [4.69, 9.17) is 14.5 Å². The van der Waals surface area contributed by atoms with Crippen molar-refractivity contribution < 1.29 is 19.2 Å². The van der Waals surface area contributed by atoms with Gasteiger partial charge in [0.05, 0.1) is 28.6 Å². The van der Waals surface area contributed by atoms with E-state index >= 15 is 0 Å². The van der Waals surface area contributed by atoms with Crippen LogP contribution in [0.4, 0.5) is 5.69 Å². The van der Waals surface area contributed by atoms with E-state index in [0.717, 1.165) is 5.56 Å². The molecule has 170 valence electrons. The Bertz CT molecular complexity index is 1440. The lowest BCUT2D eigenvalue weighted by molar-refractivity contribution is -0.384. The third kappa shape index (κ3) is 3.54. The Balaban J connectivity index is 1.70. The Morgan fingerprint density at radius 1 is 1.18 bits per heavy atom. The molecule has 4 aromatic rings. The molecule has 0 N–H and O–H groups in total. The van der Waals surface area contributed by atoms with E-state index in [9.17, 15) is 14.9 Å². The monoisotopic (exact) mass is 457 g/mol. The van der Waals surface area contributed by atoms with Crippen LogP contribution in [0.5, 0.6) is 5.88 Å². The van der Waals surface area contributed by atoms with Crippen LogP contribution in [0, 0.1) is 10.1 Å². The SMILES string of the molecule is CCOC(=O)C1=C(C)Oc2ncn3nc(-c4ccc([N+](=O)[O-])cc4)nc3c2C1c1ccccc1. The molecule has 0 fully saturated rings. The molecule has 0 amide bonds. The highest BCUT2D eigenvalue weighted by Gasteiger charge is 2.38. The molecule has 1 aliphatic rings. The van der Waals surface area contributed by atoms with Gasteiger partial charge in [-0.2, -0.15) is 0 Å². The van der Waals surface area contributed by atoms with Crippen LogP contribution in [-0.2, 0) is 9.53 Å². The summed E-state index contributed by atoms with van der Waals surface area (Å²) in [6.07, 6.45) is 1.49. The van der Waals surface area contributed by atoms with Gasteiger partial charge in [-0.05, 0) is 31.5 Å². The molecule has 0 saturated carbocycles. The zero-order valence-electron chi connectivity index (χ0n) is 18.3. The fourth-order valence-corrected chi connectivity index (χ4v) is 4.05. The number of benzene rings is 2. The fourth-order valence-electron chi connectivity index (χ4n) is 4.05. The maximum absolute atomic E-state index is 13.0. The molecular weight excluding hydrogens is 438 g/mol. The number of non-ortho nitro benzene ring substituents is 1. The van der Waals surface area contributed by atoms with E-state index in [1.807, 2.05) is 30.3 Å². The maximum atomic E-state index is 13.0. The Hall–Kier alpha value is -4.60. The van der Waals surface area contributed by atoms with Crippen molar-refractivity contribution in [3.63, 3.8) is 0 Å². The van der Waals surface area contributed by atoms with Crippen molar-refractivity contribution in [3.8, 4) is 17.3 Å². The molecule has 1 unspecified atom stereocenters. The Morgan fingerprint density at radius 3 is 2.59 bits per heavy atom. The lowest BCUT2D eigenvalue weighted by Gasteiger charge is -2.28. The van der Waals surface area contributed by atoms with Gasteiger partial charge in [0.15, 0.2) is 11.5 Å². The highest BCUT2D eigenvalue weighted by atomic mass is 16.6. The normalized spacial score (nSPS) is 15.1. The molecule has 2 aromatic carbocycles. The number of hydrogen-bond acceptors (Lipinski definition) is 8. The van der Waals surface area contributed by atoms with Crippen LogP contribution in [0.1, 0.15) is 30.9 Å². The number of nitro benzene ring substituents is 1. The minimum atomic E-state index is -0.533. The number of hydrogen-bond donors (Lipinski definition) is 0. The third-order valence-electron chi connectivity index (χ3n) is 5.56. The van der Waals surface area contributed by atoms with Gasteiger partial charge < -0.3 is 9.47 Å². The molecule has 0 aliphatic carbocycles. The lowest BCUT2D eigenvalue weighted by atomic mass is 9.83. The fraction of sp³-hybridized carbons (Fsp3) is 0.167. The zero-order chi connectivity index (χ0) is 23.8. The first-order valence-corrected chi connectivity index (χ1v) is 10.6. The molecule has 0 radical (unpaired) electrons. The minimum Gasteiger partial charge on any atom is -0.463 e. The van der Waals surface area contributed by atoms with Crippen molar-refractivity contribution >= 4 is 17.3 Å². The second kappa shape index (κ2) is 8.39. The van der Waals surface area contributed by atoms with Crippen LogP contribution in [0.25, 0.3) is 17.0 Å². The number of esters is 1. The standard InChI is InChI=1S/C24H19N5O5/c1-3-33-24(30)18-14(2)34-23-20(19(18)15-7-5-4-6-8-15)22-26-21(27-28(22)13-25-23)16-9-11-17(12-10-16)29(31)32/h4-13,19H,3H2,1-2H3. The molecule has 0 bridgehead atoms. The number of fused-ring (bicyclic) bond motifs is 3. The average molecular weight is 457 g/mol. The van der Waals surface area contributed by atoms with Crippen molar-refractivity contribution in [2.45, 2.75) is 19.8 Å². The van der Waals surface area contributed by atoms with Gasteiger partial charge in [-0.15, -0.1) is 5.10 Å². The summed E-state index contributed by atoms with van der Waals surface area (Å²) in [5.41, 5.74) is 2.85. The molecule has 34 heavy (non-hydrogen) atoms. The lowest BCUT2D eigenvalue weighted by Crippen LogP contribution is -2.24. The number of carbonyl (C=O) groups is 1. The predicted octanol–water partition coefficient (Wildman–Crippen LogP) is 4.06. The molecule has 1 aliphatic heterocycles. The number of nitrogens with zero attached hydrogens (tertiary/aromatic N) is 5. The van der Waals surface area contributed by atoms with Gasteiger partial charge in [0.25, 0.3) is 5.69 Å². The molecule has 3 heterocycles. The van der Waals surface area contributed by atoms with Crippen molar-refractivity contribution in [3.05, 3.63) is 93.5 Å². The Morgan fingerprint density at radius 2 is 1.91 bits per heavy atom. The molecule has 0 saturated heterocycles. The highest BCUT2D eigenvalue weighted by Crippen LogP contribution is 2.44. The highest BCUT2D eigenvalue weighted by molar-refractivity contribution is 5.93. The molecule has 10 nitrogen and oxygen atoms in total. The summed E-state index contributed by atoms with van der Waals surface area (Å²) in [7, 11) is 0. The number of allylic oxidation sites excluding steroid dienone is 1. The zero-order valence-corrected chi connectivity index (χ0v) is 18.3. The van der Waals surface area contributed by atoms with E-state index in [2.05, 4.69) is 10.1 Å². The van der Waals surface area contributed by atoms with Gasteiger partial charge in [0, 0.05) is 17.7 Å².